The summed E-state index contributed by atoms with van der Waals surface area (Å²) >= 11 is 0. The molecule has 7 nitrogen and oxygen atoms in total. The number of nitrogens with zero attached hydrogens (tertiary/aromatic N) is 4. The standard InChI is InChI=1S/C16H21N5O2/c1-2-20-5-7-21(8-6-20)16(22)14-11-19-15(12-17-14)18-10-13-4-3-9-23-13/h3-4,9,11-12H,2,5-8,10H2,1H3,(H,18,19). The monoisotopic (exact) mass is 315 g/mol. The van der Waals surface area contributed by atoms with E-state index in [1.54, 1.807) is 12.5 Å². The molecule has 1 amide bonds. The van der Waals surface area contributed by atoms with Crippen molar-refractivity contribution in [1.29, 1.82) is 0 Å². The number of hydrogen-bond acceptors (Lipinski definition) is 6. The molecule has 2 aromatic heterocycles. The van der Waals surface area contributed by atoms with Crippen molar-refractivity contribution in [1.82, 2.24) is 19.8 Å². The van der Waals surface area contributed by atoms with Gasteiger partial charge in [0.15, 0.2) is 0 Å². The first-order chi connectivity index (χ1) is 11.3. The minimum absolute atomic E-state index is 0.0502. The first kappa shape index (κ1) is 15.5. The van der Waals surface area contributed by atoms with Gasteiger partial charge in [0, 0.05) is 26.2 Å². The first-order valence-corrected chi connectivity index (χ1v) is 7.86. The highest BCUT2D eigenvalue weighted by Gasteiger charge is 2.22. The van der Waals surface area contributed by atoms with Gasteiger partial charge in [-0.05, 0) is 18.7 Å². The number of piperazine rings is 1. The minimum atomic E-state index is -0.0502. The predicted octanol–water partition coefficient (Wildman–Crippen LogP) is 1.46. The van der Waals surface area contributed by atoms with Crippen LogP contribution in [0.2, 0.25) is 0 Å². The van der Waals surface area contributed by atoms with Crippen LogP contribution >= 0.6 is 0 Å². The fourth-order valence-corrected chi connectivity index (χ4v) is 2.55. The smallest absolute Gasteiger partial charge is 0.274 e. The molecule has 0 atom stereocenters. The van der Waals surface area contributed by atoms with E-state index in [2.05, 4.69) is 27.1 Å². The van der Waals surface area contributed by atoms with Gasteiger partial charge in [0.05, 0.1) is 25.2 Å². The lowest BCUT2D eigenvalue weighted by Crippen LogP contribution is -2.48. The van der Waals surface area contributed by atoms with Crippen LogP contribution in [0.4, 0.5) is 5.82 Å². The quantitative estimate of drug-likeness (QED) is 0.900. The molecule has 122 valence electrons. The van der Waals surface area contributed by atoms with Gasteiger partial charge in [-0.3, -0.25) is 4.79 Å². The number of nitrogens with one attached hydrogen (secondary N) is 1. The lowest BCUT2D eigenvalue weighted by Gasteiger charge is -2.33. The van der Waals surface area contributed by atoms with Gasteiger partial charge in [-0.15, -0.1) is 0 Å². The summed E-state index contributed by atoms with van der Waals surface area (Å²) in [5.74, 6) is 1.39. The van der Waals surface area contributed by atoms with Gasteiger partial charge < -0.3 is 19.5 Å². The Morgan fingerprint density at radius 1 is 1.26 bits per heavy atom. The largest absolute Gasteiger partial charge is 0.467 e. The van der Waals surface area contributed by atoms with E-state index >= 15 is 0 Å². The Bertz CT molecular complexity index is 618. The number of hydrogen-bond donors (Lipinski definition) is 1. The number of carbonyl (C=O) groups excluding carboxylic acids is 1. The van der Waals surface area contributed by atoms with Crippen LogP contribution in [0.3, 0.4) is 0 Å². The average molecular weight is 315 g/mol. The van der Waals surface area contributed by atoms with E-state index in [1.807, 2.05) is 17.0 Å². The topological polar surface area (TPSA) is 74.5 Å². The molecule has 0 aromatic carbocycles. The molecule has 2 aromatic rings. The summed E-state index contributed by atoms with van der Waals surface area (Å²) in [6.45, 7) is 7.01. The summed E-state index contributed by atoms with van der Waals surface area (Å²) in [7, 11) is 0. The number of aromatic nitrogens is 2. The van der Waals surface area contributed by atoms with Crippen molar-refractivity contribution >= 4 is 11.7 Å². The second-order valence-corrected chi connectivity index (χ2v) is 5.45. The van der Waals surface area contributed by atoms with E-state index in [-0.39, 0.29) is 5.91 Å². The molecular formula is C16H21N5O2. The molecule has 1 aliphatic heterocycles. The average Bonchev–Trinajstić information content (AvgIpc) is 3.13. The number of anilines is 1. The number of rotatable bonds is 5. The van der Waals surface area contributed by atoms with Crippen LogP contribution < -0.4 is 5.32 Å². The molecule has 3 rings (SSSR count). The third-order valence-corrected chi connectivity index (χ3v) is 4.00. The lowest BCUT2D eigenvalue weighted by atomic mass is 10.3. The number of amides is 1. The van der Waals surface area contributed by atoms with Crippen LogP contribution in [0.15, 0.2) is 35.2 Å². The highest BCUT2D eigenvalue weighted by molar-refractivity contribution is 5.92. The third kappa shape index (κ3) is 3.87. The summed E-state index contributed by atoms with van der Waals surface area (Å²) in [5.41, 5.74) is 0.387. The predicted molar refractivity (Wildman–Crippen MR) is 86.1 cm³/mol. The zero-order valence-corrected chi connectivity index (χ0v) is 13.2. The summed E-state index contributed by atoms with van der Waals surface area (Å²) < 4.78 is 5.24. The molecule has 3 heterocycles. The van der Waals surface area contributed by atoms with Gasteiger partial charge in [-0.1, -0.05) is 6.92 Å². The van der Waals surface area contributed by atoms with Crippen LogP contribution in [0.5, 0.6) is 0 Å². The summed E-state index contributed by atoms with van der Waals surface area (Å²) in [4.78, 5) is 25.1. The second kappa shape index (κ2) is 7.23. The minimum Gasteiger partial charge on any atom is -0.467 e. The van der Waals surface area contributed by atoms with E-state index in [1.165, 1.54) is 6.20 Å². The van der Waals surface area contributed by atoms with Crippen molar-refractivity contribution in [2.24, 2.45) is 0 Å². The molecule has 0 unspecified atom stereocenters. The molecule has 1 aliphatic rings. The summed E-state index contributed by atoms with van der Waals surface area (Å²) in [6.07, 6.45) is 4.74. The summed E-state index contributed by atoms with van der Waals surface area (Å²) in [6, 6.07) is 3.72. The molecule has 1 fully saturated rings. The van der Waals surface area contributed by atoms with Gasteiger partial charge in [0.2, 0.25) is 0 Å². The number of likely N-dealkylation sites (N-methyl/N-ethyl adjacent to an activating group) is 1. The van der Waals surface area contributed by atoms with Crippen LogP contribution in [-0.2, 0) is 6.54 Å². The zero-order chi connectivity index (χ0) is 16.1. The van der Waals surface area contributed by atoms with Crippen molar-refractivity contribution in [3.8, 4) is 0 Å². The van der Waals surface area contributed by atoms with Gasteiger partial charge in [-0.25, -0.2) is 9.97 Å². The normalized spacial score (nSPS) is 15.6. The first-order valence-electron chi connectivity index (χ1n) is 7.86. The van der Waals surface area contributed by atoms with Crippen LogP contribution in [-0.4, -0.2) is 58.4 Å². The van der Waals surface area contributed by atoms with Gasteiger partial charge >= 0.3 is 0 Å². The Labute approximate surface area is 135 Å². The lowest BCUT2D eigenvalue weighted by molar-refractivity contribution is 0.0637. The van der Waals surface area contributed by atoms with Gasteiger partial charge in [-0.2, -0.15) is 0 Å². The maximum absolute atomic E-state index is 12.4. The van der Waals surface area contributed by atoms with E-state index in [0.29, 0.717) is 18.1 Å². The third-order valence-electron chi connectivity index (χ3n) is 4.00. The molecular weight excluding hydrogens is 294 g/mol. The van der Waals surface area contributed by atoms with Crippen molar-refractivity contribution < 1.29 is 9.21 Å². The zero-order valence-electron chi connectivity index (χ0n) is 13.2. The molecule has 1 N–H and O–H groups in total. The fraction of sp³-hybridized carbons (Fsp3) is 0.438. The van der Waals surface area contributed by atoms with Gasteiger partial charge in [0.25, 0.3) is 5.91 Å². The highest BCUT2D eigenvalue weighted by Crippen LogP contribution is 2.09. The molecule has 1 saturated heterocycles. The molecule has 0 aliphatic carbocycles. The Hall–Kier alpha value is -2.41. The SMILES string of the molecule is CCN1CCN(C(=O)c2cnc(NCc3ccco3)cn2)CC1. The number of carbonyl (C=O) groups is 1. The molecule has 7 heteroatoms. The molecule has 0 spiro atoms. The van der Waals surface area contributed by atoms with Crippen LogP contribution in [0, 0.1) is 0 Å². The molecule has 0 bridgehead atoms. The van der Waals surface area contributed by atoms with Crippen molar-refractivity contribution in [2.45, 2.75) is 13.5 Å². The Morgan fingerprint density at radius 2 is 2.09 bits per heavy atom. The van der Waals surface area contributed by atoms with E-state index in [9.17, 15) is 4.79 Å². The fourth-order valence-electron chi connectivity index (χ4n) is 2.55. The van der Waals surface area contributed by atoms with Crippen molar-refractivity contribution in [2.75, 3.05) is 38.0 Å². The van der Waals surface area contributed by atoms with Crippen LogP contribution in [0.1, 0.15) is 23.2 Å². The van der Waals surface area contributed by atoms with Crippen molar-refractivity contribution in [3.63, 3.8) is 0 Å². The molecule has 0 saturated carbocycles. The van der Waals surface area contributed by atoms with E-state index in [0.717, 1.165) is 38.5 Å². The highest BCUT2D eigenvalue weighted by atomic mass is 16.3. The van der Waals surface area contributed by atoms with E-state index in [4.69, 9.17) is 4.42 Å². The second-order valence-electron chi connectivity index (χ2n) is 5.45. The molecule has 23 heavy (non-hydrogen) atoms. The maximum Gasteiger partial charge on any atom is 0.274 e. The Kier molecular flexibility index (Phi) is 4.87. The van der Waals surface area contributed by atoms with E-state index < -0.39 is 0 Å². The Balaban J connectivity index is 1.55. The van der Waals surface area contributed by atoms with Crippen molar-refractivity contribution in [3.05, 3.63) is 42.2 Å². The Morgan fingerprint density at radius 3 is 2.70 bits per heavy atom. The molecule has 0 radical (unpaired) electrons. The maximum atomic E-state index is 12.4. The van der Waals surface area contributed by atoms with Crippen LogP contribution in [0.25, 0.3) is 0 Å². The number of furan rings is 1. The summed E-state index contributed by atoms with van der Waals surface area (Å²) in [5, 5.41) is 3.11. The van der Waals surface area contributed by atoms with Gasteiger partial charge in [0.1, 0.15) is 17.3 Å².